The van der Waals surface area contributed by atoms with Gasteiger partial charge in [0.25, 0.3) is 5.91 Å². The van der Waals surface area contributed by atoms with E-state index in [1.807, 2.05) is 18.2 Å². The third-order valence-corrected chi connectivity index (χ3v) is 4.80. The Labute approximate surface area is 162 Å². The van der Waals surface area contributed by atoms with E-state index in [1.165, 1.54) is 12.4 Å². The smallest absolute Gasteiger partial charge is 0.257 e. The van der Waals surface area contributed by atoms with E-state index in [4.69, 9.17) is 9.47 Å². The minimum atomic E-state index is -0.120. The fourth-order valence-corrected chi connectivity index (χ4v) is 3.17. The lowest BCUT2D eigenvalue weighted by Crippen LogP contribution is -2.50. The molecule has 2 amide bonds. The van der Waals surface area contributed by atoms with Crippen LogP contribution in [0.1, 0.15) is 22.8 Å². The SMILES string of the molecule is CC(=O)N1CCN(C(=O)c2cnc(NCc3ccc4c(c3)OCO4)nc2)CC1. The Morgan fingerprint density at radius 2 is 1.71 bits per heavy atom. The minimum Gasteiger partial charge on any atom is -0.454 e. The Balaban J connectivity index is 1.32. The first-order valence-corrected chi connectivity index (χ1v) is 9.09. The Hall–Kier alpha value is -3.36. The fourth-order valence-electron chi connectivity index (χ4n) is 3.17. The molecular weight excluding hydrogens is 362 g/mol. The number of amides is 2. The van der Waals surface area contributed by atoms with Crippen molar-refractivity contribution in [3.8, 4) is 11.5 Å². The molecule has 1 saturated heterocycles. The number of hydrogen-bond acceptors (Lipinski definition) is 7. The summed E-state index contributed by atoms with van der Waals surface area (Å²) in [6.07, 6.45) is 3.04. The van der Waals surface area contributed by atoms with Gasteiger partial charge < -0.3 is 24.6 Å². The third-order valence-electron chi connectivity index (χ3n) is 4.80. The Bertz CT molecular complexity index is 878. The summed E-state index contributed by atoms with van der Waals surface area (Å²) in [7, 11) is 0. The number of carbonyl (C=O) groups excluding carboxylic acids is 2. The van der Waals surface area contributed by atoms with Crippen LogP contribution in [0.3, 0.4) is 0 Å². The molecule has 0 aliphatic carbocycles. The van der Waals surface area contributed by atoms with Crippen molar-refractivity contribution in [3.63, 3.8) is 0 Å². The molecule has 0 saturated carbocycles. The summed E-state index contributed by atoms with van der Waals surface area (Å²) in [6, 6.07) is 5.72. The molecule has 4 rings (SSSR count). The summed E-state index contributed by atoms with van der Waals surface area (Å²) in [5.74, 6) is 1.83. The van der Waals surface area contributed by atoms with Crippen LogP contribution in [0.4, 0.5) is 5.95 Å². The van der Waals surface area contributed by atoms with Crippen LogP contribution in [-0.2, 0) is 11.3 Å². The third kappa shape index (κ3) is 3.83. The van der Waals surface area contributed by atoms with Gasteiger partial charge in [0, 0.05) is 52.0 Å². The van der Waals surface area contributed by atoms with Crippen LogP contribution in [-0.4, -0.2) is 64.6 Å². The number of hydrogen-bond donors (Lipinski definition) is 1. The lowest BCUT2D eigenvalue weighted by molar-refractivity contribution is -0.130. The van der Waals surface area contributed by atoms with Gasteiger partial charge in [0.2, 0.25) is 18.6 Å². The van der Waals surface area contributed by atoms with Gasteiger partial charge in [-0.25, -0.2) is 9.97 Å². The molecule has 9 nitrogen and oxygen atoms in total. The molecule has 2 aliphatic heterocycles. The molecule has 3 heterocycles. The second-order valence-corrected chi connectivity index (χ2v) is 6.63. The maximum atomic E-state index is 12.6. The maximum absolute atomic E-state index is 12.6. The van der Waals surface area contributed by atoms with E-state index in [-0.39, 0.29) is 18.6 Å². The molecule has 1 fully saturated rings. The standard InChI is InChI=1S/C19H21N5O4/c1-13(25)23-4-6-24(7-5-23)18(26)15-10-21-19(22-11-15)20-9-14-2-3-16-17(8-14)28-12-27-16/h2-3,8,10-11H,4-7,9,12H2,1H3,(H,20,21,22). The van der Waals surface area contributed by atoms with Gasteiger partial charge in [0.05, 0.1) is 5.56 Å². The van der Waals surface area contributed by atoms with Crippen molar-refractivity contribution in [1.29, 1.82) is 0 Å². The van der Waals surface area contributed by atoms with Gasteiger partial charge in [-0.1, -0.05) is 6.07 Å². The van der Waals surface area contributed by atoms with Crippen LogP contribution in [0.2, 0.25) is 0 Å². The second kappa shape index (κ2) is 7.71. The number of anilines is 1. The number of nitrogens with one attached hydrogen (secondary N) is 1. The van der Waals surface area contributed by atoms with E-state index < -0.39 is 0 Å². The molecule has 0 atom stereocenters. The first kappa shape index (κ1) is 18.0. The predicted molar refractivity (Wildman–Crippen MR) is 100 cm³/mol. The fraction of sp³-hybridized carbons (Fsp3) is 0.368. The highest BCUT2D eigenvalue weighted by molar-refractivity contribution is 5.93. The first-order chi connectivity index (χ1) is 13.6. The number of nitrogens with zero attached hydrogens (tertiary/aromatic N) is 4. The first-order valence-electron chi connectivity index (χ1n) is 9.09. The van der Waals surface area contributed by atoms with E-state index in [1.54, 1.807) is 16.7 Å². The quantitative estimate of drug-likeness (QED) is 0.845. The van der Waals surface area contributed by atoms with E-state index in [0.717, 1.165) is 17.1 Å². The normalized spacial score (nSPS) is 15.5. The summed E-state index contributed by atoms with van der Waals surface area (Å²) < 4.78 is 10.7. The van der Waals surface area contributed by atoms with Crippen LogP contribution >= 0.6 is 0 Å². The van der Waals surface area contributed by atoms with E-state index in [0.29, 0.717) is 44.2 Å². The van der Waals surface area contributed by atoms with Crippen LogP contribution < -0.4 is 14.8 Å². The minimum absolute atomic E-state index is 0.0355. The summed E-state index contributed by atoms with van der Waals surface area (Å²) >= 11 is 0. The van der Waals surface area contributed by atoms with Gasteiger partial charge in [-0.15, -0.1) is 0 Å². The van der Waals surface area contributed by atoms with E-state index in [2.05, 4.69) is 15.3 Å². The number of rotatable bonds is 4. The summed E-state index contributed by atoms with van der Waals surface area (Å²) in [6.45, 7) is 4.45. The second-order valence-electron chi connectivity index (χ2n) is 6.63. The number of fused-ring (bicyclic) bond motifs is 1. The van der Waals surface area contributed by atoms with Crippen LogP contribution in [0.25, 0.3) is 0 Å². The Kier molecular flexibility index (Phi) is 4.96. The van der Waals surface area contributed by atoms with Gasteiger partial charge in [-0.2, -0.15) is 0 Å². The van der Waals surface area contributed by atoms with Crippen molar-refractivity contribution in [2.75, 3.05) is 38.3 Å². The van der Waals surface area contributed by atoms with Crippen molar-refractivity contribution in [2.24, 2.45) is 0 Å². The van der Waals surface area contributed by atoms with Gasteiger partial charge >= 0.3 is 0 Å². The summed E-state index contributed by atoms with van der Waals surface area (Å²) in [5, 5.41) is 3.13. The average Bonchev–Trinajstić information content (AvgIpc) is 3.20. The number of carbonyl (C=O) groups is 2. The number of benzene rings is 1. The molecule has 1 aromatic carbocycles. The van der Waals surface area contributed by atoms with Crippen molar-refractivity contribution >= 4 is 17.8 Å². The molecule has 0 radical (unpaired) electrons. The van der Waals surface area contributed by atoms with Gasteiger partial charge in [0.1, 0.15) is 0 Å². The molecule has 0 unspecified atom stereocenters. The molecule has 0 spiro atoms. The van der Waals surface area contributed by atoms with Crippen molar-refractivity contribution in [2.45, 2.75) is 13.5 Å². The van der Waals surface area contributed by atoms with Crippen molar-refractivity contribution < 1.29 is 19.1 Å². The molecule has 1 aromatic heterocycles. The number of ether oxygens (including phenoxy) is 2. The lowest BCUT2D eigenvalue weighted by atomic mass is 10.2. The Morgan fingerprint density at radius 1 is 1.04 bits per heavy atom. The zero-order chi connectivity index (χ0) is 19.5. The number of aromatic nitrogens is 2. The Morgan fingerprint density at radius 3 is 2.43 bits per heavy atom. The van der Waals surface area contributed by atoms with E-state index >= 15 is 0 Å². The van der Waals surface area contributed by atoms with Gasteiger partial charge in [-0.05, 0) is 17.7 Å². The van der Waals surface area contributed by atoms with Gasteiger partial charge in [0.15, 0.2) is 11.5 Å². The van der Waals surface area contributed by atoms with Crippen LogP contribution in [0.15, 0.2) is 30.6 Å². The van der Waals surface area contributed by atoms with E-state index in [9.17, 15) is 9.59 Å². The topological polar surface area (TPSA) is 96.9 Å². The number of piperazine rings is 1. The summed E-state index contributed by atoms with van der Waals surface area (Å²) in [4.78, 5) is 35.9. The molecule has 28 heavy (non-hydrogen) atoms. The summed E-state index contributed by atoms with van der Waals surface area (Å²) in [5.41, 5.74) is 1.45. The molecule has 2 aromatic rings. The van der Waals surface area contributed by atoms with Crippen molar-refractivity contribution in [1.82, 2.24) is 19.8 Å². The maximum Gasteiger partial charge on any atom is 0.257 e. The molecule has 0 bridgehead atoms. The molecular formula is C19H21N5O4. The highest BCUT2D eigenvalue weighted by atomic mass is 16.7. The van der Waals surface area contributed by atoms with Crippen LogP contribution in [0, 0.1) is 0 Å². The van der Waals surface area contributed by atoms with Crippen LogP contribution in [0.5, 0.6) is 11.5 Å². The molecule has 1 N–H and O–H groups in total. The molecule has 9 heteroatoms. The van der Waals surface area contributed by atoms with Crippen molar-refractivity contribution in [3.05, 3.63) is 41.7 Å². The molecule has 2 aliphatic rings. The predicted octanol–water partition coefficient (Wildman–Crippen LogP) is 1.12. The zero-order valence-electron chi connectivity index (χ0n) is 15.6. The largest absolute Gasteiger partial charge is 0.454 e. The monoisotopic (exact) mass is 383 g/mol. The zero-order valence-corrected chi connectivity index (χ0v) is 15.6. The van der Waals surface area contributed by atoms with Gasteiger partial charge in [-0.3, -0.25) is 9.59 Å². The average molecular weight is 383 g/mol. The molecule has 146 valence electrons. The highest BCUT2D eigenvalue weighted by Crippen LogP contribution is 2.32. The highest BCUT2D eigenvalue weighted by Gasteiger charge is 2.23. The lowest BCUT2D eigenvalue weighted by Gasteiger charge is -2.34.